The van der Waals surface area contributed by atoms with E-state index in [0.29, 0.717) is 6.42 Å². The number of carboxylic acid groups (broad SMARTS) is 2. The largest absolute Gasteiger partial charge is 0.550 e. The van der Waals surface area contributed by atoms with Crippen molar-refractivity contribution in [2.24, 2.45) is 9.98 Å². The smallest absolute Gasteiger partial charge is 0.303 e. The normalized spacial score (nSPS) is 13.0. The Hall–Kier alpha value is -3.64. The minimum atomic E-state index is -0.909. The van der Waals surface area contributed by atoms with Gasteiger partial charge in [-0.1, -0.05) is 129 Å². The van der Waals surface area contributed by atoms with Crippen LogP contribution < -0.4 is 5.11 Å². The molecule has 4 aromatic rings. The average Bonchev–Trinajstić information content (AvgIpc) is 4.00. The first-order valence-electron chi connectivity index (χ1n) is 23.5. The van der Waals surface area contributed by atoms with Crippen molar-refractivity contribution in [3.05, 3.63) is 69.1 Å². The molecular formula is C50H71Br2N6O4-. The van der Waals surface area contributed by atoms with Crippen LogP contribution >= 0.6 is 31.9 Å². The highest BCUT2D eigenvalue weighted by molar-refractivity contribution is 9.11. The fourth-order valence-electron chi connectivity index (χ4n) is 7.46. The summed E-state index contributed by atoms with van der Waals surface area (Å²) >= 11 is 7.26. The lowest BCUT2D eigenvalue weighted by Gasteiger charge is -2.06. The van der Waals surface area contributed by atoms with Crippen LogP contribution in [0, 0.1) is 0 Å². The summed E-state index contributed by atoms with van der Waals surface area (Å²) in [5, 5.41) is 18.5. The summed E-state index contributed by atoms with van der Waals surface area (Å²) in [5.74, 6) is -1.57. The summed E-state index contributed by atoms with van der Waals surface area (Å²) in [6.45, 7) is 6.42. The summed E-state index contributed by atoms with van der Waals surface area (Å²) in [5.41, 5.74) is 8.82. The van der Waals surface area contributed by atoms with Crippen LogP contribution in [0.4, 0.5) is 0 Å². The second kappa shape index (κ2) is 33.0. The van der Waals surface area contributed by atoms with E-state index in [1.807, 2.05) is 12.1 Å². The fourth-order valence-corrected chi connectivity index (χ4v) is 8.61. The number of aromatic nitrogens is 4. The Morgan fingerprint density at radius 2 is 0.919 bits per heavy atom. The Morgan fingerprint density at radius 3 is 1.27 bits per heavy atom. The molecule has 0 aliphatic carbocycles. The van der Waals surface area contributed by atoms with Gasteiger partial charge in [0.05, 0.1) is 11.0 Å². The molecule has 0 bridgehead atoms. The molecule has 0 atom stereocenters. The molecule has 0 fully saturated rings. The number of hydrogen-bond acceptors (Lipinski definition) is 9. The average molecular weight is 980 g/mol. The molecule has 1 N–H and O–H groups in total. The third-order valence-corrected chi connectivity index (χ3v) is 12.8. The van der Waals surface area contributed by atoms with Crippen molar-refractivity contribution < 1.29 is 19.8 Å². The topological polar surface area (TPSA) is 154 Å². The number of nitrogens with zero attached hydrogens (tertiary/aromatic N) is 6. The number of halogens is 2. The predicted molar refractivity (Wildman–Crippen MR) is 261 cm³/mol. The molecule has 10 nitrogen and oxygen atoms in total. The molecule has 0 spiro atoms. The van der Waals surface area contributed by atoms with Crippen LogP contribution in [0.15, 0.2) is 68.0 Å². The molecule has 0 amide bonds. The minimum absolute atomic E-state index is 0.232. The molecule has 2 aliphatic rings. The molecule has 0 radical (unpaired) electrons. The number of benzene rings is 2. The van der Waals surface area contributed by atoms with Gasteiger partial charge in [0.25, 0.3) is 0 Å². The molecule has 6 rings (SSSR count). The van der Waals surface area contributed by atoms with Crippen molar-refractivity contribution in [2.45, 2.75) is 181 Å². The summed E-state index contributed by atoms with van der Waals surface area (Å²) in [6.07, 6.45) is 36.0. The Morgan fingerprint density at radius 1 is 0.548 bits per heavy atom. The van der Waals surface area contributed by atoms with Crippen molar-refractivity contribution in [1.82, 2.24) is 19.9 Å². The third-order valence-electron chi connectivity index (χ3n) is 11.0. The van der Waals surface area contributed by atoms with Crippen molar-refractivity contribution in [2.75, 3.05) is 13.1 Å². The van der Waals surface area contributed by atoms with Gasteiger partial charge in [-0.15, -0.1) is 0 Å². The Bertz CT molecular complexity index is 1820. The molecule has 0 saturated carbocycles. The van der Waals surface area contributed by atoms with E-state index in [9.17, 15) is 14.7 Å². The summed E-state index contributed by atoms with van der Waals surface area (Å²) in [4.78, 5) is 46.6. The molecule has 62 heavy (non-hydrogen) atoms. The SMILES string of the molecule is Brc1c(CC2=NCCC2)ccc2nccnc12.Brc1c(CC2=NCCC2)ccc2nccnc12.CCCCCCCCCCCC(=O)O.CCCCCCCCCCCC(=O)[O-]. The van der Waals surface area contributed by atoms with E-state index < -0.39 is 11.9 Å². The van der Waals surface area contributed by atoms with Crippen LogP contribution in [-0.4, -0.2) is 61.5 Å². The fraction of sp³-hybridized carbons (Fsp3) is 0.600. The van der Waals surface area contributed by atoms with Gasteiger partial charge in [0.2, 0.25) is 0 Å². The number of unbranched alkanes of at least 4 members (excludes halogenated alkanes) is 16. The highest BCUT2D eigenvalue weighted by Crippen LogP contribution is 2.28. The lowest BCUT2D eigenvalue weighted by atomic mass is 10.1. The zero-order valence-corrected chi connectivity index (χ0v) is 40.7. The van der Waals surface area contributed by atoms with Crippen molar-refractivity contribution in [3.8, 4) is 0 Å². The first kappa shape index (κ1) is 52.7. The first-order chi connectivity index (χ1) is 30.2. The molecule has 12 heteroatoms. The van der Waals surface area contributed by atoms with Gasteiger partial charge in [-0.25, -0.2) is 0 Å². The Balaban J connectivity index is 0.000000222. The van der Waals surface area contributed by atoms with Gasteiger partial charge in [0.1, 0.15) is 11.0 Å². The lowest BCUT2D eigenvalue weighted by molar-refractivity contribution is -0.305. The third kappa shape index (κ3) is 22.1. The number of carbonyl (C=O) groups is 2. The number of fused-ring (bicyclic) bond motifs is 2. The standard InChI is InChI=1S/2C13H12BrN3.2C12H24O2/c2*14-12-9(8-10-2-1-5-15-10)3-4-11-13(12)17-7-6-16-11;2*1-2-3-4-5-6-7-8-9-10-11-12(13)14/h2*3-4,6-7H,1-2,5,8H2;2*2-11H2,1H3,(H,13,14)/p-1. The Labute approximate surface area is 388 Å². The highest BCUT2D eigenvalue weighted by atomic mass is 79.9. The summed E-state index contributed by atoms with van der Waals surface area (Å²) in [6, 6.07) is 8.28. The van der Waals surface area contributed by atoms with Gasteiger partial charge < -0.3 is 15.0 Å². The van der Waals surface area contributed by atoms with Crippen LogP contribution in [0.25, 0.3) is 22.1 Å². The van der Waals surface area contributed by atoms with Gasteiger partial charge in [-0.05, 0) is 100 Å². The van der Waals surface area contributed by atoms with Crippen molar-refractivity contribution >= 4 is 77.3 Å². The number of carbonyl (C=O) groups excluding carboxylic acids is 1. The zero-order chi connectivity index (χ0) is 44.6. The van der Waals surface area contributed by atoms with Crippen LogP contribution in [0.3, 0.4) is 0 Å². The molecule has 0 saturated heterocycles. The maximum atomic E-state index is 10.2. The van der Waals surface area contributed by atoms with Gasteiger partial charge in [0.15, 0.2) is 0 Å². The molecule has 4 heterocycles. The van der Waals surface area contributed by atoms with E-state index in [0.717, 1.165) is 95.5 Å². The second-order valence-electron chi connectivity index (χ2n) is 16.3. The number of aliphatic carboxylic acids is 2. The van der Waals surface area contributed by atoms with E-state index >= 15 is 0 Å². The maximum Gasteiger partial charge on any atom is 0.303 e. The summed E-state index contributed by atoms with van der Waals surface area (Å²) < 4.78 is 2.11. The van der Waals surface area contributed by atoms with Gasteiger partial charge in [-0.2, -0.15) is 0 Å². The number of carboxylic acids is 2. The van der Waals surface area contributed by atoms with Gasteiger partial charge >= 0.3 is 5.97 Å². The molecule has 0 unspecified atom stereocenters. The number of aliphatic imine (C=N–C) groups is 2. The number of rotatable bonds is 24. The Kier molecular flexibility index (Phi) is 28.0. The van der Waals surface area contributed by atoms with Crippen LogP contribution in [-0.2, 0) is 22.4 Å². The predicted octanol–water partition coefficient (Wildman–Crippen LogP) is 13.0. The first-order valence-corrected chi connectivity index (χ1v) is 25.0. The second-order valence-corrected chi connectivity index (χ2v) is 17.9. The van der Waals surface area contributed by atoms with Crippen LogP contribution in [0.2, 0.25) is 0 Å². The van der Waals surface area contributed by atoms with Crippen LogP contribution in [0.1, 0.15) is 179 Å². The number of hydrogen-bond donors (Lipinski definition) is 1. The van der Waals surface area contributed by atoms with Crippen molar-refractivity contribution in [1.29, 1.82) is 0 Å². The monoisotopic (exact) mass is 977 g/mol. The molecule has 2 aromatic heterocycles. The zero-order valence-electron chi connectivity index (χ0n) is 37.5. The van der Waals surface area contributed by atoms with Gasteiger partial charge in [0, 0.05) is 83.5 Å². The summed E-state index contributed by atoms with van der Waals surface area (Å²) in [7, 11) is 0. The van der Waals surface area contributed by atoms with Crippen molar-refractivity contribution in [3.63, 3.8) is 0 Å². The van der Waals surface area contributed by atoms with E-state index in [-0.39, 0.29) is 6.42 Å². The molecule has 2 aromatic carbocycles. The maximum absolute atomic E-state index is 10.2. The molecule has 2 aliphatic heterocycles. The van der Waals surface area contributed by atoms with Crippen LogP contribution in [0.5, 0.6) is 0 Å². The lowest BCUT2D eigenvalue weighted by Crippen LogP contribution is -2.21. The highest BCUT2D eigenvalue weighted by Gasteiger charge is 2.13. The van der Waals surface area contributed by atoms with Gasteiger partial charge in [-0.3, -0.25) is 34.7 Å². The minimum Gasteiger partial charge on any atom is -0.550 e. The molecular weight excluding hydrogens is 908 g/mol. The van der Waals surface area contributed by atoms with E-state index in [1.165, 1.54) is 125 Å². The van der Waals surface area contributed by atoms with E-state index in [2.05, 4.69) is 87.8 Å². The molecule has 340 valence electrons. The van der Waals surface area contributed by atoms with E-state index in [4.69, 9.17) is 5.11 Å². The van der Waals surface area contributed by atoms with E-state index in [1.54, 1.807) is 24.8 Å². The quantitative estimate of drug-likeness (QED) is 0.0681.